The van der Waals surface area contributed by atoms with Crippen molar-refractivity contribution in [1.82, 2.24) is 14.5 Å². The molecule has 0 atom stereocenters. The predicted molar refractivity (Wildman–Crippen MR) is 145 cm³/mol. The molecule has 4 aromatic rings. The maximum absolute atomic E-state index is 13.5. The van der Waals surface area contributed by atoms with E-state index in [0.717, 1.165) is 10.6 Å². The number of ether oxygens (including phenoxy) is 2. The van der Waals surface area contributed by atoms with Gasteiger partial charge in [-0.2, -0.15) is 0 Å². The lowest BCUT2D eigenvalue weighted by Gasteiger charge is -2.46. The van der Waals surface area contributed by atoms with Crippen molar-refractivity contribution in [3.8, 4) is 27.8 Å². The number of likely N-dealkylation sites (tertiary alicyclic amines) is 1. The van der Waals surface area contributed by atoms with E-state index in [1.807, 2.05) is 24.3 Å². The van der Waals surface area contributed by atoms with E-state index in [-0.39, 0.29) is 30.5 Å². The zero-order valence-corrected chi connectivity index (χ0v) is 22.3. The van der Waals surface area contributed by atoms with E-state index in [4.69, 9.17) is 21.1 Å². The van der Waals surface area contributed by atoms with Gasteiger partial charge in [0.2, 0.25) is 5.92 Å². The van der Waals surface area contributed by atoms with Crippen LogP contribution in [-0.2, 0) is 0 Å². The quantitative estimate of drug-likeness (QED) is 0.274. The van der Waals surface area contributed by atoms with Crippen LogP contribution in [-0.4, -0.2) is 52.7 Å². The molecule has 0 bridgehead atoms. The molecule has 1 saturated heterocycles. The topological polar surface area (TPSA) is 56.6 Å². The third-order valence-electron chi connectivity index (χ3n) is 7.34. The molecule has 198 valence electrons. The van der Waals surface area contributed by atoms with Crippen LogP contribution in [0.25, 0.3) is 26.5 Å². The van der Waals surface area contributed by atoms with Crippen LogP contribution in [0.3, 0.4) is 0 Å². The van der Waals surface area contributed by atoms with Gasteiger partial charge in [-0.3, -0.25) is 14.3 Å². The van der Waals surface area contributed by atoms with Crippen molar-refractivity contribution >= 4 is 33.2 Å². The lowest BCUT2D eigenvalue weighted by molar-refractivity contribution is -0.0788. The van der Waals surface area contributed by atoms with Crippen molar-refractivity contribution in [2.45, 2.75) is 43.8 Å². The molecule has 38 heavy (non-hydrogen) atoms. The van der Waals surface area contributed by atoms with Crippen LogP contribution in [0.4, 0.5) is 8.78 Å². The van der Waals surface area contributed by atoms with Crippen LogP contribution in [0.5, 0.6) is 11.5 Å². The summed E-state index contributed by atoms with van der Waals surface area (Å²) >= 11 is 7.35. The third kappa shape index (κ3) is 4.90. The highest BCUT2D eigenvalue weighted by molar-refractivity contribution is 7.21. The summed E-state index contributed by atoms with van der Waals surface area (Å²) < 4.78 is 40.8. The molecular weight excluding hydrogens is 532 g/mol. The molecule has 1 aliphatic heterocycles. The summed E-state index contributed by atoms with van der Waals surface area (Å²) in [5, 5.41) is 1.40. The van der Waals surface area contributed by atoms with Gasteiger partial charge < -0.3 is 9.47 Å². The van der Waals surface area contributed by atoms with Gasteiger partial charge in [0.15, 0.2) is 11.5 Å². The van der Waals surface area contributed by atoms with Crippen LogP contribution >= 0.6 is 22.9 Å². The van der Waals surface area contributed by atoms with Gasteiger partial charge in [0.05, 0.1) is 18.3 Å². The van der Waals surface area contributed by atoms with Gasteiger partial charge in [-0.25, -0.2) is 13.8 Å². The second-order valence-electron chi connectivity index (χ2n) is 9.85. The second-order valence-corrected chi connectivity index (χ2v) is 11.3. The molecule has 3 heterocycles. The number of methoxy groups -OCH3 is 1. The van der Waals surface area contributed by atoms with E-state index in [0.29, 0.717) is 58.4 Å². The van der Waals surface area contributed by atoms with Crippen LogP contribution in [0, 0.1) is 0 Å². The largest absolute Gasteiger partial charge is 0.493 e. The maximum atomic E-state index is 13.5. The minimum absolute atomic E-state index is 0.0280. The third-order valence-corrected chi connectivity index (χ3v) is 8.70. The van der Waals surface area contributed by atoms with E-state index in [1.54, 1.807) is 42.1 Å². The number of halogens is 3. The van der Waals surface area contributed by atoms with E-state index in [2.05, 4.69) is 9.88 Å². The average Bonchev–Trinajstić information content (AvgIpc) is 3.32. The van der Waals surface area contributed by atoms with Gasteiger partial charge in [-0.05, 0) is 43.2 Å². The zero-order chi connectivity index (χ0) is 26.4. The molecule has 2 aliphatic rings. The molecular formula is C28H26ClF2N3O3S. The predicted octanol–water partition coefficient (Wildman–Crippen LogP) is 6.42. The first-order valence-electron chi connectivity index (χ1n) is 12.5. The number of hydrogen-bond acceptors (Lipinski definition) is 6. The van der Waals surface area contributed by atoms with Crippen LogP contribution in [0.15, 0.2) is 59.5 Å². The SMILES string of the molecule is COc1cc(-n2ccc3nc(-c4ccc(Cl)cc4)sc3c2=O)ccc1OC1CN(C2CCC(F)(F)CC2)C1. The minimum atomic E-state index is -2.52. The molecule has 10 heteroatoms. The molecule has 1 aliphatic carbocycles. The maximum Gasteiger partial charge on any atom is 0.274 e. The Labute approximate surface area is 227 Å². The molecule has 0 amide bonds. The normalized spacial score (nSPS) is 18.4. The molecule has 2 fully saturated rings. The fraction of sp³-hybridized carbons (Fsp3) is 0.357. The smallest absolute Gasteiger partial charge is 0.274 e. The summed E-state index contributed by atoms with van der Waals surface area (Å²) in [6, 6.07) is 14.8. The molecule has 0 radical (unpaired) electrons. The first-order valence-corrected chi connectivity index (χ1v) is 13.7. The van der Waals surface area contributed by atoms with Crippen molar-refractivity contribution in [3.63, 3.8) is 0 Å². The minimum Gasteiger partial charge on any atom is -0.493 e. The molecule has 6 nitrogen and oxygen atoms in total. The summed E-state index contributed by atoms with van der Waals surface area (Å²) in [6.07, 6.45) is 2.66. The number of benzene rings is 2. The molecule has 0 unspecified atom stereocenters. The van der Waals surface area contributed by atoms with Crippen LogP contribution in [0.1, 0.15) is 25.7 Å². The fourth-order valence-electron chi connectivity index (χ4n) is 5.16. The van der Waals surface area contributed by atoms with Crippen molar-refractivity contribution in [3.05, 3.63) is 70.1 Å². The Morgan fingerprint density at radius 3 is 2.50 bits per heavy atom. The number of fused-ring (bicyclic) bond motifs is 1. The monoisotopic (exact) mass is 557 g/mol. The summed E-state index contributed by atoms with van der Waals surface area (Å²) in [7, 11) is 1.56. The van der Waals surface area contributed by atoms with Gasteiger partial charge in [0, 0.05) is 54.8 Å². The average molecular weight is 558 g/mol. The van der Waals surface area contributed by atoms with E-state index in [9.17, 15) is 13.6 Å². The summed E-state index contributed by atoms with van der Waals surface area (Å²) in [5.74, 6) is -1.40. The number of aromatic nitrogens is 2. The van der Waals surface area contributed by atoms with Crippen LogP contribution < -0.4 is 15.0 Å². The fourth-order valence-corrected chi connectivity index (χ4v) is 6.28. The summed E-state index contributed by atoms with van der Waals surface area (Å²) in [4.78, 5) is 20.2. The summed E-state index contributed by atoms with van der Waals surface area (Å²) in [6.45, 7) is 1.41. The number of nitrogens with zero attached hydrogens (tertiary/aromatic N) is 3. The molecule has 2 aromatic heterocycles. The molecule has 0 spiro atoms. The zero-order valence-electron chi connectivity index (χ0n) is 20.7. The number of thiazole rings is 1. The Kier molecular flexibility index (Phi) is 6.62. The van der Waals surface area contributed by atoms with E-state index in [1.165, 1.54) is 11.3 Å². The van der Waals surface area contributed by atoms with Gasteiger partial charge in [0.1, 0.15) is 15.8 Å². The van der Waals surface area contributed by atoms with Gasteiger partial charge in [-0.1, -0.05) is 23.7 Å². The first-order chi connectivity index (χ1) is 18.3. The molecule has 6 rings (SSSR count). The standard InChI is InChI=1S/C28H26ClF2N3O3S/c1-36-24-14-20(6-7-23(24)37-21-15-33(16-21)19-8-11-28(30,31)12-9-19)34-13-10-22-25(27(34)35)38-26(32-22)17-2-4-18(29)5-3-17/h2-7,10,13-14,19,21H,8-9,11-12,15-16H2,1H3. The Bertz CT molecular complexity index is 1520. The Hall–Kier alpha value is -3.01. The van der Waals surface area contributed by atoms with Gasteiger partial charge in [-0.15, -0.1) is 11.3 Å². The molecule has 1 saturated carbocycles. The van der Waals surface area contributed by atoms with Crippen molar-refractivity contribution in [1.29, 1.82) is 0 Å². The van der Waals surface area contributed by atoms with Crippen molar-refractivity contribution < 1.29 is 18.3 Å². The lowest BCUT2D eigenvalue weighted by Crippen LogP contribution is -2.58. The summed E-state index contributed by atoms with van der Waals surface area (Å²) in [5.41, 5.74) is 2.04. The first kappa shape index (κ1) is 25.3. The highest BCUT2D eigenvalue weighted by atomic mass is 35.5. The second kappa shape index (κ2) is 9.94. The Morgan fingerprint density at radius 2 is 1.79 bits per heavy atom. The highest BCUT2D eigenvalue weighted by Gasteiger charge is 2.41. The molecule has 2 aromatic carbocycles. The highest BCUT2D eigenvalue weighted by Crippen LogP contribution is 2.38. The van der Waals surface area contributed by atoms with Crippen molar-refractivity contribution in [2.24, 2.45) is 0 Å². The molecule has 0 N–H and O–H groups in total. The van der Waals surface area contributed by atoms with Crippen molar-refractivity contribution in [2.75, 3.05) is 20.2 Å². The van der Waals surface area contributed by atoms with Gasteiger partial charge >= 0.3 is 0 Å². The van der Waals surface area contributed by atoms with E-state index >= 15 is 0 Å². The van der Waals surface area contributed by atoms with E-state index < -0.39 is 5.92 Å². The Morgan fingerprint density at radius 1 is 1.05 bits per heavy atom. The number of hydrogen-bond donors (Lipinski definition) is 0. The number of rotatable bonds is 6. The Balaban J connectivity index is 1.18. The number of alkyl halides is 2. The van der Waals surface area contributed by atoms with Gasteiger partial charge in [0.25, 0.3) is 5.56 Å². The number of pyridine rings is 1. The van der Waals surface area contributed by atoms with Crippen LogP contribution in [0.2, 0.25) is 5.02 Å². The lowest BCUT2D eigenvalue weighted by atomic mass is 9.89.